The summed E-state index contributed by atoms with van der Waals surface area (Å²) in [5, 5.41) is 2.85. The number of benzene rings is 1. The van der Waals surface area contributed by atoms with Gasteiger partial charge in [-0.3, -0.25) is 4.79 Å². The van der Waals surface area contributed by atoms with E-state index in [-0.39, 0.29) is 11.9 Å². The Kier molecular flexibility index (Phi) is 4.76. The van der Waals surface area contributed by atoms with Crippen LogP contribution in [-0.4, -0.2) is 25.6 Å². The van der Waals surface area contributed by atoms with Gasteiger partial charge in [0, 0.05) is 17.5 Å². The van der Waals surface area contributed by atoms with Crippen LogP contribution >= 0.6 is 11.3 Å². The molecule has 5 heteroatoms. The molecule has 20 heavy (non-hydrogen) atoms. The number of carbonyl (C=O) groups is 1. The molecule has 1 heterocycles. The summed E-state index contributed by atoms with van der Waals surface area (Å²) in [7, 11) is 1.57. The van der Waals surface area contributed by atoms with E-state index >= 15 is 0 Å². The quantitative estimate of drug-likeness (QED) is 0.889. The van der Waals surface area contributed by atoms with Crippen molar-refractivity contribution in [3.63, 3.8) is 0 Å². The lowest BCUT2D eigenvalue weighted by atomic mass is 10.2. The van der Waals surface area contributed by atoms with Crippen LogP contribution in [0.4, 0.5) is 0 Å². The summed E-state index contributed by atoms with van der Waals surface area (Å²) in [4.78, 5) is 13.8. The summed E-state index contributed by atoms with van der Waals surface area (Å²) in [6.45, 7) is 2.28. The fraction of sp³-hybridized carbons (Fsp3) is 0.267. The van der Waals surface area contributed by atoms with Gasteiger partial charge >= 0.3 is 0 Å². The predicted octanol–water partition coefficient (Wildman–Crippen LogP) is 2.50. The normalized spacial score (nSPS) is 11.9. The fourth-order valence-electron chi connectivity index (χ4n) is 1.78. The number of amides is 1. The molecule has 0 unspecified atom stereocenters. The molecule has 1 aromatic heterocycles. The molecular weight excluding hydrogens is 272 g/mol. The van der Waals surface area contributed by atoms with Crippen molar-refractivity contribution in [3.05, 3.63) is 41.3 Å². The van der Waals surface area contributed by atoms with Gasteiger partial charge in [-0.15, -0.1) is 11.3 Å². The Morgan fingerprint density at radius 2 is 2.10 bits per heavy atom. The van der Waals surface area contributed by atoms with Gasteiger partial charge in [-0.1, -0.05) is 30.3 Å². The highest BCUT2D eigenvalue weighted by Gasteiger charge is 2.18. The van der Waals surface area contributed by atoms with E-state index < -0.39 is 0 Å². The number of rotatable bonds is 5. The number of carbonyl (C=O) groups excluding carboxylic acids is 1. The molecule has 3 N–H and O–H groups in total. The minimum atomic E-state index is -0.146. The van der Waals surface area contributed by atoms with Gasteiger partial charge in [0.2, 0.25) is 0 Å². The molecule has 0 aliphatic rings. The van der Waals surface area contributed by atoms with Crippen LogP contribution in [0, 0.1) is 0 Å². The standard InChI is InChI=1S/C15H18N2O2S/c1-10(9-16)17-15(18)14-12(19-2)8-13(20-14)11-6-4-3-5-7-11/h3-8,10H,9,16H2,1-2H3,(H,17,18)/t10-/m0/s1. The molecule has 0 saturated heterocycles. The largest absolute Gasteiger partial charge is 0.495 e. The Morgan fingerprint density at radius 1 is 1.40 bits per heavy atom. The van der Waals surface area contributed by atoms with E-state index in [0.717, 1.165) is 10.4 Å². The summed E-state index contributed by atoms with van der Waals surface area (Å²) in [5.74, 6) is 0.447. The first-order valence-corrected chi connectivity index (χ1v) is 7.21. The van der Waals surface area contributed by atoms with Gasteiger partial charge in [-0.2, -0.15) is 0 Å². The Bertz CT molecular complexity index is 581. The number of thiophene rings is 1. The lowest BCUT2D eigenvalue weighted by Crippen LogP contribution is -2.37. The van der Waals surface area contributed by atoms with E-state index in [1.807, 2.05) is 43.3 Å². The summed E-state index contributed by atoms with van der Waals surface area (Å²) in [5.41, 5.74) is 6.59. The van der Waals surface area contributed by atoms with Gasteiger partial charge in [0.25, 0.3) is 5.91 Å². The Morgan fingerprint density at radius 3 is 2.70 bits per heavy atom. The molecule has 0 aliphatic heterocycles. The van der Waals surface area contributed by atoms with E-state index in [2.05, 4.69) is 5.32 Å². The summed E-state index contributed by atoms with van der Waals surface area (Å²) in [6, 6.07) is 11.8. The van der Waals surface area contributed by atoms with E-state index in [1.165, 1.54) is 11.3 Å². The van der Waals surface area contributed by atoms with Crippen molar-refractivity contribution >= 4 is 17.2 Å². The third kappa shape index (κ3) is 3.18. The summed E-state index contributed by atoms with van der Waals surface area (Å²) in [6.07, 6.45) is 0. The number of nitrogens with one attached hydrogen (secondary N) is 1. The maximum Gasteiger partial charge on any atom is 0.265 e. The second kappa shape index (κ2) is 6.54. The van der Waals surface area contributed by atoms with Gasteiger partial charge in [0.1, 0.15) is 10.6 Å². The molecule has 1 atom stereocenters. The Hall–Kier alpha value is -1.85. The third-order valence-corrected chi connectivity index (χ3v) is 4.08. The minimum Gasteiger partial charge on any atom is -0.495 e. The van der Waals surface area contributed by atoms with Crippen molar-refractivity contribution < 1.29 is 9.53 Å². The first kappa shape index (κ1) is 14.6. The third-order valence-electron chi connectivity index (χ3n) is 2.91. The van der Waals surface area contributed by atoms with E-state index in [0.29, 0.717) is 17.2 Å². The number of hydrogen-bond donors (Lipinski definition) is 2. The molecule has 2 aromatic rings. The molecule has 0 saturated carbocycles. The van der Waals surface area contributed by atoms with Gasteiger partial charge in [0.05, 0.1) is 7.11 Å². The molecule has 0 radical (unpaired) electrons. The highest BCUT2D eigenvalue weighted by molar-refractivity contribution is 7.17. The van der Waals surface area contributed by atoms with Crippen LogP contribution < -0.4 is 15.8 Å². The summed E-state index contributed by atoms with van der Waals surface area (Å²) >= 11 is 1.42. The predicted molar refractivity (Wildman–Crippen MR) is 82.3 cm³/mol. The molecule has 1 amide bonds. The van der Waals surface area contributed by atoms with E-state index in [9.17, 15) is 4.79 Å². The maximum atomic E-state index is 12.2. The van der Waals surface area contributed by atoms with Crippen molar-refractivity contribution in [1.82, 2.24) is 5.32 Å². The van der Waals surface area contributed by atoms with E-state index in [4.69, 9.17) is 10.5 Å². The first-order valence-electron chi connectivity index (χ1n) is 6.40. The number of hydrogen-bond acceptors (Lipinski definition) is 4. The zero-order chi connectivity index (χ0) is 14.5. The lowest BCUT2D eigenvalue weighted by molar-refractivity contribution is 0.0942. The van der Waals surface area contributed by atoms with Gasteiger partial charge in [-0.05, 0) is 18.6 Å². The van der Waals surface area contributed by atoms with Crippen molar-refractivity contribution in [1.29, 1.82) is 0 Å². The second-order valence-corrected chi connectivity index (χ2v) is 5.54. The van der Waals surface area contributed by atoms with Gasteiger partial charge < -0.3 is 15.8 Å². The molecule has 2 rings (SSSR count). The molecule has 4 nitrogen and oxygen atoms in total. The number of ether oxygens (including phenoxy) is 1. The minimum absolute atomic E-state index is 0.0607. The highest BCUT2D eigenvalue weighted by Crippen LogP contribution is 2.36. The Labute approximate surface area is 122 Å². The molecule has 0 aliphatic carbocycles. The zero-order valence-corrected chi connectivity index (χ0v) is 12.4. The molecule has 106 valence electrons. The van der Waals surface area contributed by atoms with Crippen LogP contribution in [0.25, 0.3) is 10.4 Å². The van der Waals surface area contributed by atoms with Crippen LogP contribution in [0.15, 0.2) is 36.4 Å². The molecular formula is C15H18N2O2S. The smallest absolute Gasteiger partial charge is 0.265 e. The number of methoxy groups -OCH3 is 1. The molecule has 0 spiro atoms. The lowest BCUT2D eigenvalue weighted by Gasteiger charge is -2.10. The second-order valence-electron chi connectivity index (χ2n) is 4.48. The molecule has 1 aromatic carbocycles. The molecule has 0 fully saturated rings. The highest BCUT2D eigenvalue weighted by atomic mass is 32.1. The van der Waals surface area contributed by atoms with Crippen LogP contribution in [-0.2, 0) is 0 Å². The summed E-state index contributed by atoms with van der Waals surface area (Å²) < 4.78 is 5.30. The topological polar surface area (TPSA) is 64.3 Å². The van der Waals surface area contributed by atoms with Crippen molar-refractivity contribution in [2.24, 2.45) is 5.73 Å². The van der Waals surface area contributed by atoms with Crippen molar-refractivity contribution in [3.8, 4) is 16.2 Å². The van der Waals surface area contributed by atoms with Crippen LogP contribution in [0.2, 0.25) is 0 Å². The average Bonchev–Trinajstić information content (AvgIpc) is 2.92. The monoisotopic (exact) mass is 290 g/mol. The van der Waals surface area contributed by atoms with Crippen molar-refractivity contribution in [2.45, 2.75) is 13.0 Å². The maximum absolute atomic E-state index is 12.2. The number of nitrogens with two attached hydrogens (primary N) is 1. The average molecular weight is 290 g/mol. The van der Waals surface area contributed by atoms with Crippen molar-refractivity contribution in [2.75, 3.05) is 13.7 Å². The van der Waals surface area contributed by atoms with Crippen LogP contribution in [0.5, 0.6) is 5.75 Å². The van der Waals surface area contributed by atoms with Crippen LogP contribution in [0.1, 0.15) is 16.6 Å². The first-order chi connectivity index (χ1) is 9.65. The SMILES string of the molecule is COc1cc(-c2ccccc2)sc1C(=O)N[C@@H](C)CN. The van der Waals surface area contributed by atoms with E-state index in [1.54, 1.807) is 7.11 Å². The van der Waals surface area contributed by atoms with Gasteiger partial charge in [0.15, 0.2) is 0 Å². The van der Waals surface area contributed by atoms with Gasteiger partial charge in [-0.25, -0.2) is 0 Å². The van der Waals surface area contributed by atoms with Crippen LogP contribution in [0.3, 0.4) is 0 Å². The Balaban J connectivity index is 2.30. The fourth-order valence-corrected chi connectivity index (χ4v) is 2.81. The zero-order valence-electron chi connectivity index (χ0n) is 11.6. The molecule has 0 bridgehead atoms.